The first-order valence-corrected chi connectivity index (χ1v) is 16.9. The number of ether oxygens (including phenoxy) is 1. The molecule has 0 aliphatic heterocycles. The molecule has 0 saturated heterocycles. The van der Waals surface area contributed by atoms with Gasteiger partial charge in [-0.15, -0.1) is 0 Å². The second kappa shape index (κ2) is 26.4. The van der Waals surface area contributed by atoms with Gasteiger partial charge in [0.2, 0.25) is 0 Å². The second-order valence-electron chi connectivity index (χ2n) is 9.75. The fourth-order valence-electron chi connectivity index (χ4n) is 4.01. The molecule has 3 atom stereocenters. The van der Waals surface area contributed by atoms with Crippen molar-refractivity contribution < 1.29 is 29.1 Å². The van der Waals surface area contributed by atoms with Crippen LogP contribution >= 0.6 is 19.8 Å². The zero-order chi connectivity index (χ0) is 26.9. The lowest BCUT2D eigenvalue weighted by molar-refractivity contribution is -0.289. The van der Waals surface area contributed by atoms with E-state index >= 15 is 0 Å². The molecule has 0 saturated carbocycles. The van der Waals surface area contributed by atoms with Crippen LogP contribution in [0.25, 0.3) is 0 Å². The topological polar surface area (TPSA) is 88.1 Å². The third kappa shape index (κ3) is 20.8. The highest BCUT2D eigenvalue weighted by molar-refractivity contribution is 7.99. The SMILES string of the molecule is CCCCCCCCCCCSC(CCCCCCCCC)C(C)OOC(=O)C(OCCC)=[P+]([O-])O. The van der Waals surface area contributed by atoms with E-state index in [1.807, 2.05) is 25.6 Å². The maximum Gasteiger partial charge on any atom is 0.442 e. The van der Waals surface area contributed by atoms with Crippen LogP contribution in [0.15, 0.2) is 0 Å². The highest BCUT2D eigenvalue weighted by Crippen LogP contribution is 2.26. The van der Waals surface area contributed by atoms with E-state index in [1.165, 1.54) is 96.3 Å². The van der Waals surface area contributed by atoms with Crippen molar-refractivity contribution in [3.63, 3.8) is 0 Å². The molecule has 0 aliphatic carbocycles. The Bertz CT molecular complexity index is 542. The van der Waals surface area contributed by atoms with Crippen molar-refractivity contribution in [1.29, 1.82) is 0 Å². The lowest BCUT2D eigenvalue weighted by Crippen LogP contribution is -2.29. The summed E-state index contributed by atoms with van der Waals surface area (Å²) in [6.07, 6.45) is 21.9. The summed E-state index contributed by atoms with van der Waals surface area (Å²) in [6.45, 7) is 8.43. The Kier molecular flexibility index (Phi) is 26.3. The first-order chi connectivity index (χ1) is 17.5. The average Bonchev–Trinajstić information content (AvgIpc) is 2.86. The van der Waals surface area contributed by atoms with E-state index in [0.29, 0.717) is 6.42 Å². The van der Waals surface area contributed by atoms with Crippen LogP contribution in [-0.4, -0.2) is 40.1 Å². The summed E-state index contributed by atoms with van der Waals surface area (Å²) in [5.41, 5.74) is -0.579. The first kappa shape index (κ1) is 35.8. The molecule has 6 nitrogen and oxygen atoms in total. The molecule has 36 heavy (non-hydrogen) atoms. The molecule has 1 N–H and O–H groups in total. The van der Waals surface area contributed by atoms with E-state index in [0.717, 1.165) is 18.6 Å². The molecule has 0 aromatic rings. The molecule has 0 fully saturated rings. The second-order valence-corrected chi connectivity index (χ2v) is 12.0. The van der Waals surface area contributed by atoms with Gasteiger partial charge in [0.25, 0.3) is 8.00 Å². The number of thioether (sulfide) groups is 1. The Morgan fingerprint density at radius 3 is 1.81 bits per heavy atom. The number of rotatable bonds is 26. The van der Waals surface area contributed by atoms with Crippen LogP contribution in [0.1, 0.15) is 143 Å². The van der Waals surface area contributed by atoms with Gasteiger partial charge in [0.05, 0.1) is 6.61 Å². The zero-order valence-electron chi connectivity index (χ0n) is 23.6. The van der Waals surface area contributed by atoms with Gasteiger partial charge in [-0.25, -0.2) is 4.79 Å². The molecular formula is C28H55O6PS. The fourth-order valence-corrected chi connectivity index (χ4v) is 5.73. The van der Waals surface area contributed by atoms with E-state index < -0.39 is 19.4 Å². The third-order valence-corrected chi connectivity index (χ3v) is 8.49. The summed E-state index contributed by atoms with van der Waals surface area (Å²) in [6, 6.07) is 0. The maximum atomic E-state index is 12.2. The minimum Gasteiger partial charge on any atom is -0.601 e. The van der Waals surface area contributed by atoms with E-state index in [-0.39, 0.29) is 18.0 Å². The molecule has 3 unspecified atom stereocenters. The van der Waals surface area contributed by atoms with Gasteiger partial charge in [-0.2, -0.15) is 21.5 Å². The molecule has 0 amide bonds. The van der Waals surface area contributed by atoms with Crippen molar-refractivity contribution in [1.82, 2.24) is 0 Å². The lowest BCUT2D eigenvalue weighted by Gasteiger charge is -2.22. The van der Waals surface area contributed by atoms with Gasteiger partial charge in [0.15, 0.2) is 0 Å². The minimum atomic E-state index is -2.92. The Labute approximate surface area is 227 Å². The number of hydrogen-bond acceptors (Lipinski definition) is 7. The van der Waals surface area contributed by atoms with Gasteiger partial charge < -0.3 is 9.63 Å². The van der Waals surface area contributed by atoms with Crippen LogP contribution in [0.3, 0.4) is 0 Å². The first-order valence-electron chi connectivity index (χ1n) is 14.6. The van der Waals surface area contributed by atoms with Crippen LogP contribution in [-0.2, 0) is 19.3 Å². The largest absolute Gasteiger partial charge is 0.601 e. The summed E-state index contributed by atoms with van der Waals surface area (Å²) in [7, 11) is -2.92. The molecule has 8 heteroatoms. The van der Waals surface area contributed by atoms with E-state index in [1.54, 1.807) is 0 Å². The van der Waals surface area contributed by atoms with Crippen molar-refractivity contribution in [3.8, 4) is 0 Å². The van der Waals surface area contributed by atoms with Crippen molar-refractivity contribution in [2.75, 3.05) is 12.4 Å². The van der Waals surface area contributed by atoms with Gasteiger partial charge in [-0.3, -0.25) is 4.89 Å². The van der Waals surface area contributed by atoms with Crippen LogP contribution in [0, 0.1) is 0 Å². The molecule has 0 bridgehead atoms. The number of carbonyl (C=O) groups excluding carboxylic acids is 1. The zero-order valence-corrected chi connectivity index (χ0v) is 25.4. The molecule has 214 valence electrons. The molecular weight excluding hydrogens is 495 g/mol. The van der Waals surface area contributed by atoms with E-state index in [9.17, 15) is 14.6 Å². The van der Waals surface area contributed by atoms with Crippen molar-refractivity contribution in [2.24, 2.45) is 0 Å². The highest BCUT2D eigenvalue weighted by Gasteiger charge is 2.27. The smallest absolute Gasteiger partial charge is 0.442 e. The summed E-state index contributed by atoms with van der Waals surface area (Å²) >= 11 is 1.90. The molecule has 0 heterocycles. The Hall–Kier alpha value is -0.170. The van der Waals surface area contributed by atoms with Crippen molar-refractivity contribution in [3.05, 3.63) is 0 Å². The van der Waals surface area contributed by atoms with E-state index in [4.69, 9.17) is 14.5 Å². The molecule has 0 aliphatic rings. The van der Waals surface area contributed by atoms with Crippen molar-refractivity contribution >= 4 is 31.2 Å². The monoisotopic (exact) mass is 550 g/mol. The van der Waals surface area contributed by atoms with Crippen LogP contribution in [0.4, 0.5) is 0 Å². The minimum absolute atomic E-state index is 0.178. The highest BCUT2D eigenvalue weighted by atomic mass is 32.2. The maximum absolute atomic E-state index is 12.2. The summed E-state index contributed by atoms with van der Waals surface area (Å²) in [5.74, 6) is 0.0514. The molecule has 0 spiro atoms. The lowest BCUT2D eigenvalue weighted by atomic mass is 10.1. The van der Waals surface area contributed by atoms with Crippen LogP contribution in [0.2, 0.25) is 0 Å². The Morgan fingerprint density at radius 1 is 0.806 bits per heavy atom. The fraction of sp³-hybridized carbons (Fsp3) is 0.929. The van der Waals surface area contributed by atoms with Crippen LogP contribution in [0.5, 0.6) is 0 Å². The predicted octanol–water partition coefficient (Wildman–Crippen LogP) is 7.84. The summed E-state index contributed by atoms with van der Waals surface area (Å²) < 4.78 is 5.09. The van der Waals surface area contributed by atoms with Gasteiger partial charge in [-0.05, 0) is 31.9 Å². The number of unbranched alkanes of at least 4 members (excludes halogenated alkanes) is 14. The Balaban J connectivity index is 4.48. The quantitative estimate of drug-likeness (QED) is 0.0508. The summed E-state index contributed by atoms with van der Waals surface area (Å²) in [4.78, 5) is 43.3. The predicted molar refractivity (Wildman–Crippen MR) is 153 cm³/mol. The molecule has 0 radical (unpaired) electrons. The number of hydrogen-bond donors (Lipinski definition) is 1. The molecule has 0 aromatic carbocycles. The molecule has 0 aromatic heterocycles. The Morgan fingerprint density at radius 2 is 1.31 bits per heavy atom. The van der Waals surface area contributed by atoms with E-state index in [2.05, 4.69) is 13.8 Å². The van der Waals surface area contributed by atoms with Gasteiger partial charge in [0.1, 0.15) is 6.10 Å². The average molecular weight is 551 g/mol. The van der Waals surface area contributed by atoms with Gasteiger partial charge in [-0.1, -0.05) is 117 Å². The van der Waals surface area contributed by atoms with Crippen LogP contribution < -0.4 is 4.89 Å². The normalized spacial score (nSPS) is 13.9. The standard InChI is InChI=1S/C28H55O6PS/c1-5-8-10-12-14-15-17-19-21-24-36-26(22-20-18-16-13-11-9-6-2)25(4)33-34-27(29)28(35(30)31)32-23-7-3/h25-26H,5-24H2,1-4H3,(H,30,31). The van der Waals surface area contributed by atoms with Gasteiger partial charge in [0, 0.05) is 5.25 Å². The summed E-state index contributed by atoms with van der Waals surface area (Å²) in [5, 5.41) is 0.213. The number of carbonyl (C=O) groups is 1. The molecule has 0 rings (SSSR count). The van der Waals surface area contributed by atoms with Crippen molar-refractivity contribution in [2.45, 2.75) is 155 Å². The third-order valence-electron chi connectivity index (χ3n) is 6.26. The van der Waals surface area contributed by atoms with Gasteiger partial charge >= 0.3 is 11.4 Å².